The Hall–Kier alpha value is -1.48. The van der Waals surface area contributed by atoms with Crippen molar-refractivity contribution in [2.45, 2.75) is 44.2 Å². The van der Waals surface area contributed by atoms with Crippen molar-refractivity contribution in [2.24, 2.45) is 0 Å². The summed E-state index contributed by atoms with van der Waals surface area (Å²) >= 11 is 0. The van der Waals surface area contributed by atoms with Gasteiger partial charge >= 0.3 is 5.69 Å². The number of hydrogen-bond acceptors (Lipinski definition) is 6. The number of aliphatic hydroxyl groups excluding tert-OH is 1. The van der Waals surface area contributed by atoms with E-state index >= 15 is 0 Å². The molecule has 2 N–H and O–H groups in total. The minimum Gasteiger partial charge on any atom is -0.394 e. The van der Waals surface area contributed by atoms with Crippen LogP contribution < -0.4 is 11.2 Å². The van der Waals surface area contributed by atoms with E-state index in [9.17, 15) is 14.7 Å². The predicted molar refractivity (Wildman–Crippen MR) is 66.1 cm³/mol. The van der Waals surface area contributed by atoms with Crippen molar-refractivity contribution in [1.82, 2.24) is 9.55 Å². The van der Waals surface area contributed by atoms with E-state index < -0.39 is 41.6 Å². The van der Waals surface area contributed by atoms with Crippen molar-refractivity contribution in [2.75, 3.05) is 6.61 Å². The molecule has 20 heavy (non-hydrogen) atoms. The van der Waals surface area contributed by atoms with Crippen LogP contribution in [-0.2, 0) is 14.2 Å². The highest BCUT2D eigenvalue weighted by molar-refractivity contribution is 4.98. The van der Waals surface area contributed by atoms with E-state index in [1.807, 2.05) is 0 Å². The van der Waals surface area contributed by atoms with Crippen LogP contribution in [0, 0.1) is 0 Å². The number of nitrogens with zero attached hydrogens (tertiary/aromatic N) is 1. The fourth-order valence-corrected chi connectivity index (χ4v) is 2.66. The van der Waals surface area contributed by atoms with E-state index in [1.54, 1.807) is 13.8 Å². The molecular formula is C12H16N2O6. The topological polar surface area (TPSA) is 103 Å². The monoisotopic (exact) mass is 284 g/mol. The maximum atomic E-state index is 11.8. The average molecular weight is 284 g/mol. The number of rotatable bonds is 2. The first-order valence-electron chi connectivity index (χ1n) is 6.35. The molecule has 0 unspecified atom stereocenters. The number of aromatic amines is 1. The fraction of sp³-hybridized carbons (Fsp3) is 0.667. The van der Waals surface area contributed by atoms with Crippen LogP contribution in [0.25, 0.3) is 0 Å². The van der Waals surface area contributed by atoms with E-state index in [2.05, 4.69) is 4.98 Å². The molecule has 110 valence electrons. The highest BCUT2D eigenvalue weighted by Crippen LogP contribution is 2.42. The van der Waals surface area contributed by atoms with Gasteiger partial charge in [-0.1, -0.05) is 0 Å². The maximum absolute atomic E-state index is 11.8. The van der Waals surface area contributed by atoms with E-state index in [4.69, 9.17) is 14.2 Å². The van der Waals surface area contributed by atoms with Crippen LogP contribution >= 0.6 is 0 Å². The van der Waals surface area contributed by atoms with E-state index in [-0.39, 0.29) is 6.61 Å². The zero-order chi connectivity index (χ0) is 14.5. The molecule has 0 saturated carbocycles. The van der Waals surface area contributed by atoms with Gasteiger partial charge in [-0.3, -0.25) is 14.3 Å². The summed E-state index contributed by atoms with van der Waals surface area (Å²) in [6.45, 7) is 3.27. The minimum atomic E-state index is -0.809. The third kappa shape index (κ3) is 2.10. The molecule has 0 amide bonds. The quantitative estimate of drug-likeness (QED) is 0.718. The van der Waals surface area contributed by atoms with Crippen molar-refractivity contribution < 1.29 is 19.3 Å². The van der Waals surface area contributed by atoms with Gasteiger partial charge in [-0.05, 0) is 13.8 Å². The molecule has 2 fully saturated rings. The van der Waals surface area contributed by atoms with Crippen LogP contribution in [0.15, 0.2) is 21.9 Å². The number of aromatic nitrogens is 2. The lowest BCUT2D eigenvalue weighted by molar-refractivity contribution is -0.200. The van der Waals surface area contributed by atoms with Gasteiger partial charge in [0.15, 0.2) is 12.0 Å². The molecule has 0 spiro atoms. The summed E-state index contributed by atoms with van der Waals surface area (Å²) in [5.74, 6) is -0.809. The summed E-state index contributed by atoms with van der Waals surface area (Å²) in [5, 5.41) is 9.36. The van der Waals surface area contributed by atoms with E-state index in [0.717, 1.165) is 0 Å². The second-order valence-corrected chi connectivity index (χ2v) is 5.33. The molecule has 1 aromatic rings. The predicted octanol–water partition coefficient (Wildman–Crippen LogP) is -1.05. The van der Waals surface area contributed by atoms with Crippen molar-refractivity contribution >= 4 is 0 Å². The van der Waals surface area contributed by atoms with Gasteiger partial charge in [-0.15, -0.1) is 0 Å². The molecule has 0 radical (unpaired) electrons. The standard InChI is InChI=1S/C12H16N2O6/c1-12(2)19-8-6(5-15)18-10(9(8)20-12)14-4-3-7(16)13-11(14)17/h3-4,6,8-10,15H,5H2,1-2H3,(H,13,16,17)/t6-,8-,9+,10-/m1/s1. The lowest BCUT2D eigenvalue weighted by Gasteiger charge is -2.24. The summed E-state index contributed by atoms with van der Waals surface area (Å²) in [6, 6.07) is 1.23. The molecule has 0 bridgehead atoms. The summed E-state index contributed by atoms with van der Waals surface area (Å²) < 4.78 is 18.3. The highest BCUT2D eigenvalue weighted by atomic mass is 16.8. The molecule has 8 heteroatoms. The van der Waals surface area contributed by atoms with Crippen LogP contribution in [0.5, 0.6) is 0 Å². The van der Waals surface area contributed by atoms with Crippen molar-refractivity contribution in [3.05, 3.63) is 33.1 Å². The Morgan fingerprint density at radius 2 is 2.05 bits per heavy atom. The fourth-order valence-electron chi connectivity index (χ4n) is 2.66. The maximum Gasteiger partial charge on any atom is 0.330 e. The first-order chi connectivity index (χ1) is 9.41. The van der Waals surface area contributed by atoms with Gasteiger partial charge in [0, 0.05) is 12.3 Å². The average Bonchev–Trinajstić information content (AvgIpc) is 2.83. The third-order valence-electron chi connectivity index (χ3n) is 3.43. The molecule has 2 aliphatic heterocycles. The summed E-state index contributed by atoms with van der Waals surface area (Å²) in [4.78, 5) is 25.1. The SMILES string of the molecule is CC1(C)O[C@H]2[C@H](O1)[C@@H](CO)O[C@H]2n1ccc(=O)[nH]c1=O. The van der Waals surface area contributed by atoms with Gasteiger partial charge in [-0.25, -0.2) is 4.79 Å². The van der Waals surface area contributed by atoms with Crippen LogP contribution in [0.4, 0.5) is 0 Å². The molecule has 0 aliphatic carbocycles. The Bertz CT molecular complexity index is 621. The molecule has 3 rings (SSSR count). The lowest BCUT2D eigenvalue weighted by Crippen LogP contribution is -2.37. The molecule has 1 aromatic heterocycles. The van der Waals surface area contributed by atoms with Gasteiger partial charge < -0.3 is 19.3 Å². The second-order valence-electron chi connectivity index (χ2n) is 5.33. The van der Waals surface area contributed by atoms with Crippen LogP contribution in [0.1, 0.15) is 20.1 Å². The smallest absolute Gasteiger partial charge is 0.330 e. The summed E-state index contributed by atoms with van der Waals surface area (Å²) in [6.07, 6.45) is -0.962. The molecule has 8 nitrogen and oxygen atoms in total. The Labute approximate surface area is 113 Å². The van der Waals surface area contributed by atoms with Gasteiger partial charge in [0.25, 0.3) is 5.56 Å². The number of nitrogens with one attached hydrogen (secondary N) is 1. The zero-order valence-electron chi connectivity index (χ0n) is 11.1. The van der Waals surface area contributed by atoms with Gasteiger partial charge in [-0.2, -0.15) is 0 Å². The van der Waals surface area contributed by atoms with E-state index in [1.165, 1.54) is 16.8 Å². The number of ether oxygens (including phenoxy) is 3. The molecule has 2 aliphatic rings. The molecule has 3 heterocycles. The minimum absolute atomic E-state index is 0.241. The van der Waals surface area contributed by atoms with Crippen molar-refractivity contribution in [1.29, 1.82) is 0 Å². The Morgan fingerprint density at radius 1 is 1.35 bits per heavy atom. The van der Waals surface area contributed by atoms with E-state index in [0.29, 0.717) is 0 Å². The Morgan fingerprint density at radius 3 is 2.70 bits per heavy atom. The normalized spacial score (nSPS) is 35.1. The number of aliphatic hydroxyl groups is 1. The third-order valence-corrected chi connectivity index (χ3v) is 3.43. The second kappa shape index (κ2) is 4.52. The number of fused-ring (bicyclic) bond motifs is 1. The van der Waals surface area contributed by atoms with Crippen molar-refractivity contribution in [3.8, 4) is 0 Å². The first-order valence-corrected chi connectivity index (χ1v) is 6.35. The van der Waals surface area contributed by atoms with Gasteiger partial charge in [0.2, 0.25) is 0 Å². The largest absolute Gasteiger partial charge is 0.394 e. The van der Waals surface area contributed by atoms with Crippen LogP contribution in [-0.4, -0.2) is 45.4 Å². The molecule has 2 saturated heterocycles. The first kappa shape index (κ1) is 13.5. The molecule has 4 atom stereocenters. The Balaban J connectivity index is 1.98. The summed E-state index contributed by atoms with van der Waals surface area (Å²) in [7, 11) is 0. The van der Waals surface area contributed by atoms with Crippen LogP contribution in [0.2, 0.25) is 0 Å². The Kier molecular flexibility index (Phi) is 3.05. The number of H-pyrrole nitrogens is 1. The highest BCUT2D eigenvalue weighted by Gasteiger charge is 2.55. The number of hydrogen-bond donors (Lipinski definition) is 2. The molecular weight excluding hydrogens is 268 g/mol. The van der Waals surface area contributed by atoms with Crippen molar-refractivity contribution in [3.63, 3.8) is 0 Å². The van der Waals surface area contributed by atoms with Gasteiger partial charge in [0.05, 0.1) is 6.61 Å². The lowest BCUT2D eigenvalue weighted by atomic mass is 10.1. The molecule has 0 aromatic carbocycles. The van der Waals surface area contributed by atoms with Gasteiger partial charge in [0.1, 0.15) is 18.3 Å². The summed E-state index contributed by atoms with van der Waals surface area (Å²) in [5.41, 5.74) is -1.07. The van der Waals surface area contributed by atoms with Crippen LogP contribution in [0.3, 0.4) is 0 Å². The zero-order valence-corrected chi connectivity index (χ0v) is 11.1.